The number of nitrogens with zero attached hydrogens (tertiary/aromatic N) is 2. The van der Waals surface area contributed by atoms with Gasteiger partial charge in [0.15, 0.2) is 11.5 Å². The molecule has 0 aliphatic carbocycles. The standard InChI is InChI=1S/C13H9BrN2O2S/c14-12-11(3-4-15)19-13(16-12)8-1-2-9-10(7-8)18-6-5-17-9/h1-2,7H,3,5-6H2. The number of benzene rings is 1. The maximum absolute atomic E-state index is 8.75. The first-order valence-electron chi connectivity index (χ1n) is 5.70. The maximum Gasteiger partial charge on any atom is 0.162 e. The van der Waals surface area contributed by atoms with Gasteiger partial charge in [0, 0.05) is 5.56 Å². The van der Waals surface area contributed by atoms with Gasteiger partial charge >= 0.3 is 0 Å². The first-order valence-corrected chi connectivity index (χ1v) is 7.31. The molecule has 0 spiro atoms. The number of aromatic nitrogens is 1. The molecule has 0 saturated heterocycles. The Bertz CT molecular complexity index is 663. The Hall–Kier alpha value is -1.58. The van der Waals surface area contributed by atoms with Crippen LogP contribution in [0.2, 0.25) is 0 Å². The van der Waals surface area contributed by atoms with E-state index in [0.717, 1.165) is 31.6 Å². The van der Waals surface area contributed by atoms with Gasteiger partial charge in [-0.2, -0.15) is 5.26 Å². The quantitative estimate of drug-likeness (QED) is 0.843. The summed E-state index contributed by atoms with van der Waals surface area (Å²) < 4.78 is 11.8. The fourth-order valence-electron chi connectivity index (χ4n) is 1.81. The summed E-state index contributed by atoms with van der Waals surface area (Å²) in [5.74, 6) is 1.51. The van der Waals surface area contributed by atoms with Crippen molar-refractivity contribution in [2.24, 2.45) is 0 Å². The summed E-state index contributed by atoms with van der Waals surface area (Å²) in [6.07, 6.45) is 0.364. The Balaban J connectivity index is 1.98. The number of nitriles is 1. The monoisotopic (exact) mass is 336 g/mol. The zero-order valence-electron chi connectivity index (χ0n) is 9.85. The highest BCUT2D eigenvalue weighted by Gasteiger charge is 2.15. The van der Waals surface area contributed by atoms with E-state index < -0.39 is 0 Å². The predicted octanol–water partition coefficient (Wildman–Crippen LogP) is 3.41. The van der Waals surface area contributed by atoms with Crippen molar-refractivity contribution in [2.45, 2.75) is 6.42 Å². The highest BCUT2D eigenvalue weighted by atomic mass is 79.9. The molecule has 0 bridgehead atoms. The molecule has 0 fully saturated rings. The van der Waals surface area contributed by atoms with E-state index in [9.17, 15) is 0 Å². The van der Waals surface area contributed by atoms with Gasteiger partial charge in [-0.05, 0) is 34.1 Å². The van der Waals surface area contributed by atoms with Gasteiger partial charge in [-0.3, -0.25) is 0 Å². The van der Waals surface area contributed by atoms with Crippen LogP contribution in [0.4, 0.5) is 0 Å². The third-order valence-electron chi connectivity index (χ3n) is 2.68. The van der Waals surface area contributed by atoms with Crippen LogP contribution < -0.4 is 9.47 Å². The molecule has 0 atom stereocenters. The van der Waals surface area contributed by atoms with Crippen LogP contribution in [0.15, 0.2) is 22.8 Å². The van der Waals surface area contributed by atoms with Crippen molar-refractivity contribution >= 4 is 27.3 Å². The van der Waals surface area contributed by atoms with Gasteiger partial charge in [0.25, 0.3) is 0 Å². The van der Waals surface area contributed by atoms with Crippen LogP contribution in [-0.4, -0.2) is 18.2 Å². The molecule has 2 aromatic rings. The molecule has 96 valence electrons. The number of thiazole rings is 1. The lowest BCUT2D eigenvalue weighted by atomic mass is 10.2. The average Bonchev–Trinajstić information content (AvgIpc) is 2.80. The highest BCUT2D eigenvalue weighted by molar-refractivity contribution is 9.10. The molecule has 0 radical (unpaired) electrons. The average molecular weight is 337 g/mol. The maximum atomic E-state index is 8.75. The summed E-state index contributed by atoms with van der Waals surface area (Å²) in [6.45, 7) is 1.15. The van der Waals surface area contributed by atoms with E-state index in [0.29, 0.717) is 19.6 Å². The smallest absolute Gasteiger partial charge is 0.162 e. The van der Waals surface area contributed by atoms with Crippen molar-refractivity contribution in [3.05, 3.63) is 27.7 Å². The third-order valence-corrected chi connectivity index (χ3v) is 4.70. The highest BCUT2D eigenvalue weighted by Crippen LogP contribution is 2.37. The van der Waals surface area contributed by atoms with Gasteiger partial charge in [-0.15, -0.1) is 11.3 Å². The molecule has 0 amide bonds. The van der Waals surface area contributed by atoms with Gasteiger partial charge in [0.2, 0.25) is 0 Å². The molecule has 0 saturated carbocycles. The number of rotatable bonds is 2. The van der Waals surface area contributed by atoms with E-state index in [2.05, 4.69) is 27.0 Å². The zero-order chi connectivity index (χ0) is 13.2. The molecule has 0 unspecified atom stereocenters. The molecular formula is C13H9BrN2O2S. The number of halogens is 1. The summed E-state index contributed by atoms with van der Waals surface area (Å²) in [5.41, 5.74) is 0.971. The minimum absolute atomic E-state index is 0.364. The van der Waals surface area contributed by atoms with Gasteiger partial charge in [-0.1, -0.05) is 0 Å². The van der Waals surface area contributed by atoms with Gasteiger partial charge in [-0.25, -0.2) is 4.98 Å². The van der Waals surface area contributed by atoms with Crippen molar-refractivity contribution in [1.82, 2.24) is 4.98 Å². The molecule has 3 rings (SSSR count). The van der Waals surface area contributed by atoms with E-state index in [1.165, 1.54) is 11.3 Å². The van der Waals surface area contributed by atoms with Gasteiger partial charge in [0.05, 0.1) is 17.4 Å². The van der Waals surface area contributed by atoms with Crippen molar-refractivity contribution in [2.75, 3.05) is 13.2 Å². The normalized spacial score (nSPS) is 13.1. The molecule has 1 aliphatic heterocycles. The van der Waals surface area contributed by atoms with Crippen LogP contribution in [-0.2, 0) is 6.42 Å². The summed E-state index contributed by atoms with van der Waals surface area (Å²) >= 11 is 4.89. The SMILES string of the molecule is N#CCc1sc(-c2ccc3c(c2)OCCO3)nc1Br. The fourth-order valence-corrected chi connectivity index (χ4v) is 3.37. The van der Waals surface area contributed by atoms with E-state index in [-0.39, 0.29) is 0 Å². The Morgan fingerprint density at radius 2 is 2.11 bits per heavy atom. The lowest BCUT2D eigenvalue weighted by Gasteiger charge is -2.18. The number of hydrogen-bond acceptors (Lipinski definition) is 5. The first kappa shape index (κ1) is 12.5. The molecule has 1 aromatic carbocycles. The largest absolute Gasteiger partial charge is 0.486 e. The van der Waals surface area contributed by atoms with Crippen LogP contribution >= 0.6 is 27.3 Å². The number of hydrogen-bond donors (Lipinski definition) is 0. The van der Waals surface area contributed by atoms with Gasteiger partial charge in [0.1, 0.15) is 22.8 Å². The molecule has 1 aliphatic rings. The van der Waals surface area contributed by atoms with E-state index in [4.69, 9.17) is 14.7 Å². The zero-order valence-corrected chi connectivity index (χ0v) is 12.3. The van der Waals surface area contributed by atoms with Crippen molar-refractivity contribution < 1.29 is 9.47 Å². The van der Waals surface area contributed by atoms with E-state index in [1.807, 2.05) is 18.2 Å². The Morgan fingerprint density at radius 3 is 2.89 bits per heavy atom. The van der Waals surface area contributed by atoms with Crippen molar-refractivity contribution in [3.8, 4) is 28.1 Å². The van der Waals surface area contributed by atoms with Crippen LogP contribution in [0.3, 0.4) is 0 Å². The Kier molecular flexibility index (Phi) is 3.40. The van der Waals surface area contributed by atoms with Crippen LogP contribution in [0.5, 0.6) is 11.5 Å². The summed E-state index contributed by atoms with van der Waals surface area (Å²) in [5, 5.41) is 9.62. The molecule has 0 N–H and O–H groups in total. The molecule has 2 heterocycles. The molecule has 4 nitrogen and oxygen atoms in total. The lowest BCUT2D eigenvalue weighted by Crippen LogP contribution is -2.15. The summed E-state index contributed by atoms with van der Waals surface area (Å²) in [7, 11) is 0. The van der Waals surface area contributed by atoms with Crippen LogP contribution in [0, 0.1) is 11.3 Å². The topological polar surface area (TPSA) is 55.1 Å². The fraction of sp³-hybridized carbons (Fsp3) is 0.231. The third kappa shape index (κ3) is 2.44. The second kappa shape index (κ2) is 5.19. The van der Waals surface area contributed by atoms with Gasteiger partial charge < -0.3 is 9.47 Å². The minimum atomic E-state index is 0.364. The lowest BCUT2D eigenvalue weighted by molar-refractivity contribution is 0.171. The van der Waals surface area contributed by atoms with Crippen LogP contribution in [0.25, 0.3) is 10.6 Å². The number of ether oxygens (including phenoxy) is 2. The summed E-state index contributed by atoms with van der Waals surface area (Å²) in [4.78, 5) is 5.37. The van der Waals surface area contributed by atoms with Crippen LogP contribution in [0.1, 0.15) is 4.88 Å². The number of fused-ring (bicyclic) bond motifs is 1. The predicted molar refractivity (Wildman–Crippen MR) is 75.6 cm³/mol. The van der Waals surface area contributed by atoms with E-state index >= 15 is 0 Å². The van der Waals surface area contributed by atoms with Crippen molar-refractivity contribution in [3.63, 3.8) is 0 Å². The Morgan fingerprint density at radius 1 is 1.32 bits per heavy atom. The molecule has 1 aromatic heterocycles. The molecular weight excluding hydrogens is 328 g/mol. The summed E-state index contributed by atoms with van der Waals surface area (Å²) in [6, 6.07) is 7.91. The minimum Gasteiger partial charge on any atom is -0.486 e. The van der Waals surface area contributed by atoms with Crippen molar-refractivity contribution in [1.29, 1.82) is 5.26 Å². The second-order valence-electron chi connectivity index (χ2n) is 3.93. The first-order chi connectivity index (χ1) is 9.28. The Labute approximate surface area is 122 Å². The molecule has 6 heteroatoms. The second-order valence-corrected chi connectivity index (χ2v) is 5.76. The molecule has 19 heavy (non-hydrogen) atoms. The van der Waals surface area contributed by atoms with E-state index in [1.54, 1.807) is 0 Å².